The predicted octanol–water partition coefficient (Wildman–Crippen LogP) is 3.94. The fourth-order valence-corrected chi connectivity index (χ4v) is 3.83. The van der Waals surface area contributed by atoms with Crippen LogP contribution in [0.5, 0.6) is 0 Å². The number of benzene rings is 2. The summed E-state index contributed by atoms with van der Waals surface area (Å²) < 4.78 is 37.4. The van der Waals surface area contributed by atoms with Crippen molar-refractivity contribution in [3.05, 3.63) is 58.3 Å². The lowest BCUT2D eigenvalue weighted by Crippen LogP contribution is -2.17. The van der Waals surface area contributed by atoms with Crippen molar-refractivity contribution in [3.8, 4) is 0 Å². The zero-order chi connectivity index (χ0) is 17.0. The third-order valence-corrected chi connectivity index (χ3v) is 5.47. The standard InChI is InChI=1S/C15H12Cl2FNO3S/c16-11-3-1-2-4-14(11)23(21,22)8-7-15(20)19-10-5-6-13(18)12(17)9-10/h1-6,9H,7-8H2,(H,19,20). The zero-order valence-electron chi connectivity index (χ0n) is 11.7. The molecule has 0 atom stereocenters. The average molecular weight is 376 g/mol. The number of rotatable bonds is 5. The summed E-state index contributed by atoms with van der Waals surface area (Å²) in [7, 11) is -3.67. The van der Waals surface area contributed by atoms with E-state index in [1.165, 1.54) is 24.3 Å². The summed E-state index contributed by atoms with van der Waals surface area (Å²) in [6.07, 6.45) is -0.261. The Morgan fingerprint density at radius 2 is 1.78 bits per heavy atom. The Morgan fingerprint density at radius 3 is 2.43 bits per heavy atom. The van der Waals surface area contributed by atoms with Gasteiger partial charge in [-0.1, -0.05) is 35.3 Å². The normalized spacial score (nSPS) is 11.3. The Kier molecular flexibility index (Phi) is 5.62. The predicted molar refractivity (Wildman–Crippen MR) is 88.2 cm³/mol. The SMILES string of the molecule is O=C(CCS(=O)(=O)c1ccccc1Cl)Nc1ccc(F)c(Cl)c1. The smallest absolute Gasteiger partial charge is 0.225 e. The quantitative estimate of drug-likeness (QED) is 0.860. The Hall–Kier alpha value is -1.63. The van der Waals surface area contributed by atoms with Crippen molar-refractivity contribution in [2.24, 2.45) is 0 Å². The summed E-state index contributed by atoms with van der Waals surface area (Å²) in [5, 5.41) is 2.44. The van der Waals surface area contributed by atoms with Gasteiger partial charge in [0.05, 0.1) is 20.7 Å². The average Bonchev–Trinajstić information content (AvgIpc) is 2.49. The minimum absolute atomic E-state index is 0.0145. The van der Waals surface area contributed by atoms with Crippen LogP contribution in [0.1, 0.15) is 6.42 Å². The van der Waals surface area contributed by atoms with Gasteiger partial charge in [0.1, 0.15) is 5.82 Å². The molecule has 23 heavy (non-hydrogen) atoms. The molecule has 0 heterocycles. The number of halogens is 3. The van der Waals surface area contributed by atoms with Crippen LogP contribution in [0.2, 0.25) is 10.0 Å². The summed E-state index contributed by atoms with van der Waals surface area (Å²) in [6, 6.07) is 9.72. The van der Waals surface area contributed by atoms with Crippen molar-refractivity contribution < 1.29 is 17.6 Å². The molecule has 0 saturated carbocycles. The van der Waals surface area contributed by atoms with Crippen molar-refractivity contribution in [2.75, 3.05) is 11.1 Å². The van der Waals surface area contributed by atoms with E-state index in [4.69, 9.17) is 23.2 Å². The topological polar surface area (TPSA) is 63.2 Å². The molecule has 0 aliphatic carbocycles. The molecule has 2 rings (SSSR count). The van der Waals surface area contributed by atoms with Crippen molar-refractivity contribution in [2.45, 2.75) is 11.3 Å². The van der Waals surface area contributed by atoms with E-state index in [0.717, 1.165) is 6.07 Å². The summed E-state index contributed by atoms with van der Waals surface area (Å²) in [5.74, 6) is -1.52. The largest absolute Gasteiger partial charge is 0.326 e. The number of anilines is 1. The fourth-order valence-electron chi connectivity index (χ4n) is 1.83. The Labute approximate surface area is 143 Å². The molecule has 0 unspecified atom stereocenters. The maximum Gasteiger partial charge on any atom is 0.225 e. The monoisotopic (exact) mass is 375 g/mol. The second-order valence-corrected chi connectivity index (χ2v) is 7.57. The lowest BCUT2D eigenvalue weighted by molar-refractivity contribution is -0.115. The van der Waals surface area contributed by atoms with E-state index in [-0.39, 0.29) is 27.0 Å². The second kappa shape index (κ2) is 7.29. The van der Waals surface area contributed by atoms with Gasteiger partial charge < -0.3 is 5.32 Å². The number of hydrogen-bond acceptors (Lipinski definition) is 3. The Bertz CT molecular complexity index is 840. The molecular weight excluding hydrogens is 364 g/mol. The number of carbonyl (C=O) groups is 1. The number of sulfone groups is 1. The molecule has 0 aliphatic heterocycles. The van der Waals surface area contributed by atoms with Crippen LogP contribution in [0.25, 0.3) is 0 Å². The van der Waals surface area contributed by atoms with Gasteiger partial charge in [0.15, 0.2) is 9.84 Å². The van der Waals surface area contributed by atoms with E-state index in [1.807, 2.05) is 0 Å². The Balaban J connectivity index is 2.01. The van der Waals surface area contributed by atoms with Crippen LogP contribution in [0.4, 0.5) is 10.1 Å². The number of hydrogen-bond donors (Lipinski definition) is 1. The van der Waals surface area contributed by atoms with Crippen LogP contribution in [0, 0.1) is 5.82 Å². The van der Waals surface area contributed by atoms with Crippen LogP contribution in [0.15, 0.2) is 47.4 Å². The maximum absolute atomic E-state index is 13.0. The van der Waals surface area contributed by atoms with Gasteiger partial charge in [-0.2, -0.15) is 0 Å². The molecule has 0 spiro atoms. The van der Waals surface area contributed by atoms with Crippen molar-refractivity contribution in [3.63, 3.8) is 0 Å². The van der Waals surface area contributed by atoms with Crippen LogP contribution in [0.3, 0.4) is 0 Å². The highest BCUT2D eigenvalue weighted by atomic mass is 35.5. The molecule has 0 saturated heterocycles. The van der Waals surface area contributed by atoms with Gasteiger partial charge in [-0.15, -0.1) is 0 Å². The van der Waals surface area contributed by atoms with Gasteiger partial charge in [0.25, 0.3) is 0 Å². The first-order chi connectivity index (χ1) is 10.8. The first-order valence-electron chi connectivity index (χ1n) is 6.52. The van der Waals surface area contributed by atoms with Crippen molar-refractivity contribution in [1.29, 1.82) is 0 Å². The van der Waals surface area contributed by atoms with E-state index < -0.39 is 27.3 Å². The summed E-state index contributed by atoms with van der Waals surface area (Å²) in [6.45, 7) is 0. The van der Waals surface area contributed by atoms with E-state index in [9.17, 15) is 17.6 Å². The molecule has 0 aliphatic rings. The first-order valence-corrected chi connectivity index (χ1v) is 8.92. The van der Waals surface area contributed by atoms with Gasteiger partial charge in [-0.3, -0.25) is 4.79 Å². The molecule has 122 valence electrons. The molecule has 1 N–H and O–H groups in total. The Morgan fingerprint density at radius 1 is 1.09 bits per heavy atom. The van der Waals surface area contributed by atoms with Crippen LogP contribution in [-0.4, -0.2) is 20.1 Å². The number of carbonyl (C=O) groups excluding carboxylic acids is 1. The van der Waals surface area contributed by atoms with Gasteiger partial charge in [-0.05, 0) is 30.3 Å². The van der Waals surface area contributed by atoms with Gasteiger partial charge in [0.2, 0.25) is 5.91 Å². The molecule has 0 radical (unpaired) electrons. The zero-order valence-corrected chi connectivity index (χ0v) is 14.1. The van der Waals surface area contributed by atoms with Crippen LogP contribution < -0.4 is 5.32 Å². The van der Waals surface area contributed by atoms with E-state index in [1.54, 1.807) is 12.1 Å². The highest BCUT2D eigenvalue weighted by Gasteiger charge is 2.19. The van der Waals surface area contributed by atoms with E-state index in [2.05, 4.69) is 5.32 Å². The highest BCUT2D eigenvalue weighted by Crippen LogP contribution is 2.23. The molecule has 2 aromatic rings. The fraction of sp³-hybridized carbons (Fsp3) is 0.133. The lowest BCUT2D eigenvalue weighted by atomic mass is 10.3. The van der Waals surface area contributed by atoms with E-state index in [0.29, 0.717) is 0 Å². The first kappa shape index (κ1) is 17.7. The van der Waals surface area contributed by atoms with Gasteiger partial charge in [0, 0.05) is 12.1 Å². The molecule has 4 nitrogen and oxygen atoms in total. The molecule has 0 bridgehead atoms. The summed E-state index contributed by atoms with van der Waals surface area (Å²) >= 11 is 11.5. The molecule has 1 amide bonds. The molecule has 0 aromatic heterocycles. The van der Waals surface area contributed by atoms with Crippen molar-refractivity contribution >= 4 is 44.6 Å². The van der Waals surface area contributed by atoms with Gasteiger partial charge >= 0.3 is 0 Å². The third kappa shape index (κ3) is 4.67. The molecular formula is C15H12Cl2FNO3S. The number of amides is 1. The maximum atomic E-state index is 13.0. The minimum atomic E-state index is -3.67. The molecule has 0 fully saturated rings. The van der Waals surface area contributed by atoms with E-state index >= 15 is 0 Å². The molecule has 8 heteroatoms. The second-order valence-electron chi connectivity index (χ2n) is 4.68. The number of nitrogens with one attached hydrogen (secondary N) is 1. The minimum Gasteiger partial charge on any atom is -0.326 e. The molecule has 2 aromatic carbocycles. The van der Waals surface area contributed by atoms with Crippen LogP contribution in [-0.2, 0) is 14.6 Å². The van der Waals surface area contributed by atoms with Gasteiger partial charge in [-0.25, -0.2) is 12.8 Å². The summed E-state index contributed by atoms with van der Waals surface area (Å²) in [5.41, 5.74) is 0.288. The lowest BCUT2D eigenvalue weighted by Gasteiger charge is -2.08. The van der Waals surface area contributed by atoms with Crippen LogP contribution >= 0.6 is 23.2 Å². The van der Waals surface area contributed by atoms with Crippen molar-refractivity contribution in [1.82, 2.24) is 0 Å². The third-order valence-electron chi connectivity index (χ3n) is 2.97. The highest BCUT2D eigenvalue weighted by molar-refractivity contribution is 7.91. The summed E-state index contributed by atoms with van der Waals surface area (Å²) in [4.78, 5) is 11.8.